The standard InChI is InChI=1S/C20H30N2O3/c1-19(2,3)13-21-18(23)22-14-20(8-4-5-9-20)15-6-7-16-17(12-15)25-11-10-24-16/h6-7,12H,4-5,8-11,13-14H2,1-3H3,(H2,21,22,23). The third-order valence-electron chi connectivity index (χ3n) is 5.08. The first-order valence-corrected chi connectivity index (χ1v) is 9.30. The van der Waals surface area contributed by atoms with Crippen LogP contribution in [-0.2, 0) is 5.41 Å². The topological polar surface area (TPSA) is 59.6 Å². The minimum Gasteiger partial charge on any atom is -0.486 e. The fourth-order valence-corrected chi connectivity index (χ4v) is 3.65. The molecule has 0 saturated heterocycles. The van der Waals surface area contributed by atoms with Crippen LogP contribution in [0.1, 0.15) is 52.0 Å². The van der Waals surface area contributed by atoms with Crippen LogP contribution < -0.4 is 20.1 Å². The number of amides is 2. The highest BCUT2D eigenvalue weighted by atomic mass is 16.6. The molecule has 0 radical (unpaired) electrons. The summed E-state index contributed by atoms with van der Waals surface area (Å²) in [5, 5.41) is 6.06. The van der Waals surface area contributed by atoms with Crippen LogP contribution in [0.3, 0.4) is 0 Å². The summed E-state index contributed by atoms with van der Waals surface area (Å²) >= 11 is 0. The average Bonchev–Trinajstić information content (AvgIpc) is 3.07. The van der Waals surface area contributed by atoms with Gasteiger partial charge in [0.15, 0.2) is 11.5 Å². The van der Waals surface area contributed by atoms with E-state index < -0.39 is 0 Å². The number of fused-ring (bicyclic) bond motifs is 1. The fourth-order valence-electron chi connectivity index (χ4n) is 3.65. The van der Waals surface area contributed by atoms with E-state index in [1.807, 2.05) is 6.07 Å². The molecule has 2 aliphatic rings. The molecule has 1 fully saturated rings. The Balaban J connectivity index is 1.68. The van der Waals surface area contributed by atoms with Crippen molar-refractivity contribution in [3.05, 3.63) is 23.8 Å². The van der Waals surface area contributed by atoms with Crippen LogP contribution in [0, 0.1) is 5.41 Å². The van der Waals surface area contributed by atoms with Gasteiger partial charge in [-0.15, -0.1) is 0 Å². The van der Waals surface area contributed by atoms with Gasteiger partial charge in [0, 0.05) is 18.5 Å². The smallest absolute Gasteiger partial charge is 0.314 e. The van der Waals surface area contributed by atoms with E-state index in [1.165, 1.54) is 18.4 Å². The van der Waals surface area contributed by atoms with Gasteiger partial charge >= 0.3 is 6.03 Å². The lowest BCUT2D eigenvalue weighted by atomic mass is 9.78. The fraction of sp³-hybridized carbons (Fsp3) is 0.650. The second kappa shape index (κ2) is 7.14. The molecule has 1 aliphatic heterocycles. The Morgan fingerprint density at radius 1 is 1.08 bits per heavy atom. The number of nitrogens with one attached hydrogen (secondary N) is 2. The van der Waals surface area contributed by atoms with Crippen molar-refractivity contribution in [1.29, 1.82) is 0 Å². The number of hydrogen-bond donors (Lipinski definition) is 2. The number of rotatable bonds is 4. The van der Waals surface area contributed by atoms with Crippen molar-refractivity contribution in [2.24, 2.45) is 5.41 Å². The van der Waals surface area contributed by atoms with E-state index >= 15 is 0 Å². The van der Waals surface area contributed by atoms with E-state index in [-0.39, 0.29) is 16.9 Å². The van der Waals surface area contributed by atoms with Gasteiger partial charge < -0.3 is 20.1 Å². The molecule has 2 amide bonds. The Labute approximate surface area is 150 Å². The zero-order valence-corrected chi connectivity index (χ0v) is 15.6. The van der Waals surface area contributed by atoms with Gasteiger partial charge in [0.1, 0.15) is 13.2 Å². The summed E-state index contributed by atoms with van der Waals surface area (Å²) in [4.78, 5) is 12.2. The van der Waals surface area contributed by atoms with Gasteiger partial charge in [-0.2, -0.15) is 0 Å². The van der Waals surface area contributed by atoms with E-state index in [1.54, 1.807) is 0 Å². The molecule has 3 rings (SSSR count). The molecule has 0 spiro atoms. The second-order valence-corrected chi connectivity index (χ2v) is 8.44. The van der Waals surface area contributed by atoms with Gasteiger partial charge in [-0.05, 0) is 36.0 Å². The number of ether oxygens (including phenoxy) is 2. The zero-order chi connectivity index (χ0) is 17.9. The summed E-state index contributed by atoms with van der Waals surface area (Å²) in [5.74, 6) is 1.64. The van der Waals surface area contributed by atoms with E-state index in [4.69, 9.17) is 9.47 Å². The highest BCUT2D eigenvalue weighted by Gasteiger charge is 2.36. The maximum atomic E-state index is 12.2. The van der Waals surface area contributed by atoms with Crippen LogP contribution in [0.2, 0.25) is 0 Å². The van der Waals surface area contributed by atoms with Gasteiger partial charge in [-0.3, -0.25) is 0 Å². The summed E-state index contributed by atoms with van der Waals surface area (Å²) in [6, 6.07) is 6.16. The maximum absolute atomic E-state index is 12.2. The van der Waals surface area contributed by atoms with Gasteiger partial charge in [0.2, 0.25) is 0 Å². The molecule has 0 atom stereocenters. The molecule has 1 saturated carbocycles. The third-order valence-corrected chi connectivity index (χ3v) is 5.08. The van der Waals surface area contributed by atoms with Gasteiger partial charge in [-0.1, -0.05) is 39.7 Å². The summed E-state index contributed by atoms with van der Waals surface area (Å²) in [5.41, 5.74) is 1.32. The molecule has 5 nitrogen and oxygen atoms in total. The number of carbonyl (C=O) groups is 1. The lowest BCUT2D eigenvalue weighted by Gasteiger charge is -2.31. The molecule has 25 heavy (non-hydrogen) atoms. The Kier molecular flexibility index (Phi) is 5.11. The van der Waals surface area contributed by atoms with Crippen LogP contribution in [-0.4, -0.2) is 32.3 Å². The molecule has 0 bridgehead atoms. The van der Waals surface area contributed by atoms with Crippen molar-refractivity contribution in [3.8, 4) is 11.5 Å². The van der Waals surface area contributed by atoms with E-state index in [2.05, 4.69) is 43.5 Å². The molecule has 1 aromatic rings. The van der Waals surface area contributed by atoms with Crippen LogP contribution in [0.4, 0.5) is 4.79 Å². The number of carbonyl (C=O) groups excluding carboxylic acids is 1. The minimum absolute atomic E-state index is 0.00505. The Bertz CT molecular complexity index is 616. The van der Waals surface area contributed by atoms with Crippen molar-refractivity contribution >= 4 is 6.03 Å². The molecule has 2 N–H and O–H groups in total. The molecule has 138 valence electrons. The third kappa shape index (κ3) is 4.39. The Morgan fingerprint density at radius 2 is 1.76 bits per heavy atom. The number of urea groups is 1. The van der Waals surface area contributed by atoms with Crippen molar-refractivity contribution in [3.63, 3.8) is 0 Å². The molecular formula is C20H30N2O3. The minimum atomic E-state index is -0.0845. The highest BCUT2D eigenvalue weighted by Crippen LogP contribution is 2.43. The maximum Gasteiger partial charge on any atom is 0.314 e. The van der Waals surface area contributed by atoms with Crippen LogP contribution in [0.15, 0.2) is 18.2 Å². The Hall–Kier alpha value is -1.91. The molecule has 1 heterocycles. The molecule has 1 aliphatic carbocycles. The summed E-state index contributed by atoms with van der Waals surface area (Å²) < 4.78 is 11.4. The first-order chi connectivity index (χ1) is 11.9. The van der Waals surface area contributed by atoms with E-state index in [0.717, 1.165) is 24.3 Å². The van der Waals surface area contributed by atoms with Crippen LogP contribution >= 0.6 is 0 Å². The van der Waals surface area contributed by atoms with Gasteiger partial charge in [0.05, 0.1) is 0 Å². The van der Waals surface area contributed by atoms with Crippen LogP contribution in [0.5, 0.6) is 11.5 Å². The van der Waals surface area contributed by atoms with E-state index in [9.17, 15) is 4.79 Å². The number of hydrogen-bond acceptors (Lipinski definition) is 3. The first-order valence-electron chi connectivity index (χ1n) is 9.30. The van der Waals surface area contributed by atoms with Crippen molar-refractivity contribution < 1.29 is 14.3 Å². The lowest BCUT2D eigenvalue weighted by molar-refractivity contribution is 0.171. The molecule has 1 aromatic carbocycles. The largest absolute Gasteiger partial charge is 0.486 e. The summed E-state index contributed by atoms with van der Waals surface area (Å²) in [6.07, 6.45) is 4.57. The molecule has 5 heteroatoms. The molecular weight excluding hydrogens is 316 g/mol. The summed E-state index contributed by atoms with van der Waals surface area (Å²) in [7, 11) is 0. The predicted octanol–water partition coefficient (Wildman–Crippen LogP) is 3.61. The van der Waals surface area contributed by atoms with Crippen molar-refractivity contribution in [1.82, 2.24) is 10.6 Å². The van der Waals surface area contributed by atoms with Crippen molar-refractivity contribution in [2.75, 3.05) is 26.3 Å². The van der Waals surface area contributed by atoms with Gasteiger partial charge in [-0.25, -0.2) is 4.79 Å². The quantitative estimate of drug-likeness (QED) is 0.875. The monoisotopic (exact) mass is 346 g/mol. The average molecular weight is 346 g/mol. The van der Waals surface area contributed by atoms with Crippen molar-refractivity contribution in [2.45, 2.75) is 51.9 Å². The zero-order valence-electron chi connectivity index (χ0n) is 15.6. The molecule has 0 unspecified atom stereocenters. The SMILES string of the molecule is CC(C)(C)CNC(=O)NCC1(c2ccc3c(c2)OCCO3)CCCC1. The number of benzene rings is 1. The van der Waals surface area contributed by atoms with E-state index in [0.29, 0.717) is 26.3 Å². The Morgan fingerprint density at radius 3 is 2.44 bits per heavy atom. The van der Waals surface area contributed by atoms with Crippen LogP contribution in [0.25, 0.3) is 0 Å². The summed E-state index contributed by atoms with van der Waals surface area (Å²) in [6.45, 7) is 8.85. The van der Waals surface area contributed by atoms with Gasteiger partial charge in [0.25, 0.3) is 0 Å². The normalized spacial score (nSPS) is 18.7. The predicted molar refractivity (Wildman–Crippen MR) is 98.4 cm³/mol. The highest BCUT2D eigenvalue weighted by molar-refractivity contribution is 5.74. The molecule has 0 aromatic heterocycles. The first kappa shape index (κ1) is 17.9. The second-order valence-electron chi connectivity index (χ2n) is 8.44. The lowest BCUT2D eigenvalue weighted by Crippen LogP contribution is -2.45.